The van der Waals surface area contributed by atoms with Crippen LogP contribution >= 0.6 is 0 Å². The van der Waals surface area contributed by atoms with Gasteiger partial charge in [-0.2, -0.15) is 0 Å². The van der Waals surface area contributed by atoms with E-state index in [4.69, 9.17) is 4.74 Å². The first-order valence-electron chi connectivity index (χ1n) is 9.09. The highest BCUT2D eigenvalue weighted by molar-refractivity contribution is 5.38. The SMILES string of the molecule is Cc1cccc(COc2ccc(CNc3ccc(-n4ccnc4)nn3)cc2)c1. The van der Waals surface area contributed by atoms with Gasteiger partial charge in [0.15, 0.2) is 5.82 Å². The molecule has 2 aromatic heterocycles. The van der Waals surface area contributed by atoms with Gasteiger partial charge in [0, 0.05) is 18.9 Å². The van der Waals surface area contributed by atoms with Crippen molar-refractivity contribution >= 4 is 5.82 Å². The molecule has 1 N–H and O–H groups in total. The number of imidazole rings is 1. The van der Waals surface area contributed by atoms with E-state index in [0.717, 1.165) is 22.9 Å². The fourth-order valence-electron chi connectivity index (χ4n) is 2.82. The molecule has 0 amide bonds. The summed E-state index contributed by atoms with van der Waals surface area (Å²) in [6.45, 7) is 3.32. The van der Waals surface area contributed by atoms with Crippen molar-refractivity contribution in [3.05, 3.63) is 96.1 Å². The number of aromatic nitrogens is 4. The number of hydrogen-bond acceptors (Lipinski definition) is 5. The maximum atomic E-state index is 5.86. The molecular formula is C22H21N5O. The average molecular weight is 371 g/mol. The molecule has 6 heteroatoms. The van der Waals surface area contributed by atoms with Crippen LogP contribution in [0.15, 0.2) is 79.4 Å². The molecule has 0 saturated carbocycles. The van der Waals surface area contributed by atoms with Gasteiger partial charge in [0.05, 0.1) is 0 Å². The predicted octanol–water partition coefficient (Wildman–Crippen LogP) is 4.16. The van der Waals surface area contributed by atoms with E-state index in [1.165, 1.54) is 11.1 Å². The highest BCUT2D eigenvalue weighted by Gasteiger charge is 2.01. The smallest absolute Gasteiger partial charge is 0.160 e. The summed E-state index contributed by atoms with van der Waals surface area (Å²) >= 11 is 0. The Morgan fingerprint density at radius 1 is 0.964 bits per heavy atom. The number of nitrogens with one attached hydrogen (secondary N) is 1. The Hall–Kier alpha value is -3.67. The third-order valence-corrected chi connectivity index (χ3v) is 4.30. The second-order valence-corrected chi connectivity index (χ2v) is 6.52. The first-order chi connectivity index (χ1) is 13.8. The van der Waals surface area contributed by atoms with Crippen molar-refractivity contribution in [2.75, 3.05) is 5.32 Å². The van der Waals surface area contributed by atoms with Crippen LogP contribution in [-0.2, 0) is 13.2 Å². The van der Waals surface area contributed by atoms with Gasteiger partial charge in [0.1, 0.15) is 24.5 Å². The molecule has 2 aromatic carbocycles. The summed E-state index contributed by atoms with van der Waals surface area (Å²) in [5.74, 6) is 2.32. The molecule has 6 nitrogen and oxygen atoms in total. The van der Waals surface area contributed by atoms with Gasteiger partial charge >= 0.3 is 0 Å². The van der Waals surface area contributed by atoms with Crippen LogP contribution in [0.3, 0.4) is 0 Å². The number of rotatable bonds is 7. The van der Waals surface area contributed by atoms with Gasteiger partial charge in [-0.25, -0.2) is 4.98 Å². The van der Waals surface area contributed by atoms with Crippen molar-refractivity contribution in [2.45, 2.75) is 20.1 Å². The zero-order valence-electron chi connectivity index (χ0n) is 15.6. The fourth-order valence-corrected chi connectivity index (χ4v) is 2.82. The zero-order chi connectivity index (χ0) is 19.2. The van der Waals surface area contributed by atoms with E-state index >= 15 is 0 Å². The van der Waals surface area contributed by atoms with Crippen molar-refractivity contribution in [2.24, 2.45) is 0 Å². The van der Waals surface area contributed by atoms with Gasteiger partial charge in [-0.15, -0.1) is 10.2 Å². The van der Waals surface area contributed by atoms with Crippen LogP contribution in [-0.4, -0.2) is 19.7 Å². The van der Waals surface area contributed by atoms with E-state index < -0.39 is 0 Å². The largest absolute Gasteiger partial charge is 0.489 e. The molecule has 0 bridgehead atoms. The molecule has 0 radical (unpaired) electrons. The Bertz CT molecular complexity index is 1010. The van der Waals surface area contributed by atoms with Gasteiger partial charge in [-0.3, -0.25) is 4.57 Å². The molecule has 0 aliphatic carbocycles. The third-order valence-electron chi connectivity index (χ3n) is 4.30. The van der Waals surface area contributed by atoms with E-state index in [1.807, 2.05) is 53.2 Å². The van der Waals surface area contributed by atoms with E-state index in [1.54, 1.807) is 12.5 Å². The Morgan fingerprint density at radius 2 is 1.86 bits per heavy atom. The molecule has 0 aliphatic rings. The average Bonchev–Trinajstić information content (AvgIpc) is 3.27. The zero-order valence-corrected chi connectivity index (χ0v) is 15.6. The molecule has 140 valence electrons. The van der Waals surface area contributed by atoms with Gasteiger partial charge < -0.3 is 10.1 Å². The molecule has 0 spiro atoms. The Labute approximate surface area is 163 Å². The lowest BCUT2D eigenvalue weighted by Crippen LogP contribution is -2.04. The predicted molar refractivity (Wildman–Crippen MR) is 108 cm³/mol. The number of hydrogen-bond donors (Lipinski definition) is 1. The van der Waals surface area contributed by atoms with Gasteiger partial charge in [0.25, 0.3) is 0 Å². The normalized spacial score (nSPS) is 10.6. The number of nitrogens with zero attached hydrogens (tertiary/aromatic N) is 4. The van der Waals surface area contributed by atoms with Crippen LogP contribution in [0, 0.1) is 6.92 Å². The minimum Gasteiger partial charge on any atom is -0.489 e. The lowest BCUT2D eigenvalue weighted by atomic mass is 10.1. The molecule has 0 unspecified atom stereocenters. The number of benzene rings is 2. The Kier molecular flexibility index (Phi) is 5.29. The standard InChI is InChI=1S/C22H21N5O/c1-17-3-2-4-19(13-17)15-28-20-7-5-18(6-8-20)14-24-21-9-10-22(26-25-21)27-12-11-23-16-27/h2-13,16H,14-15H2,1H3,(H,24,25). The summed E-state index contributed by atoms with van der Waals surface area (Å²) in [4.78, 5) is 4.01. The van der Waals surface area contributed by atoms with Crippen LogP contribution < -0.4 is 10.1 Å². The molecule has 0 aliphatic heterocycles. The van der Waals surface area contributed by atoms with Crippen molar-refractivity contribution in [1.82, 2.24) is 19.7 Å². The quantitative estimate of drug-likeness (QED) is 0.528. The number of aryl methyl sites for hydroxylation is 1. The summed E-state index contributed by atoms with van der Waals surface area (Å²) in [7, 11) is 0. The lowest BCUT2D eigenvalue weighted by molar-refractivity contribution is 0.306. The molecule has 28 heavy (non-hydrogen) atoms. The molecule has 0 saturated heterocycles. The molecular weight excluding hydrogens is 350 g/mol. The summed E-state index contributed by atoms with van der Waals surface area (Å²) < 4.78 is 7.67. The van der Waals surface area contributed by atoms with E-state index in [2.05, 4.69) is 45.6 Å². The lowest BCUT2D eigenvalue weighted by Gasteiger charge is -2.09. The maximum absolute atomic E-state index is 5.86. The highest BCUT2D eigenvalue weighted by atomic mass is 16.5. The summed E-state index contributed by atoms with van der Waals surface area (Å²) in [5.41, 5.74) is 3.55. The molecule has 4 rings (SSSR count). The second kappa shape index (κ2) is 8.35. The monoisotopic (exact) mass is 371 g/mol. The molecule has 2 heterocycles. The summed E-state index contributed by atoms with van der Waals surface area (Å²) in [6, 6.07) is 20.2. The maximum Gasteiger partial charge on any atom is 0.160 e. The van der Waals surface area contributed by atoms with E-state index in [-0.39, 0.29) is 0 Å². The van der Waals surface area contributed by atoms with Gasteiger partial charge in [-0.1, -0.05) is 42.0 Å². The summed E-state index contributed by atoms with van der Waals surface area (Å²) in [5, 5.41) is 11.7. The van der Waals surface area contributed by atoms with Crippen LogP contribution in [0.5, 0.6) is 5.75 Å². The van der Waals surface area contributed by atoms with Crippen LogP contribution in [0.2, 0.25) is 0 Å². The van der Waals surface area contributed by atoms with Crippen LogP contribution in [0.25, 0.3) is 5.82 Å². The fraction of sp³-hybridized carbons (Fsp3) is 0.136. The van der Waals surface area contributed by atoms with Crippen molar-refractivity contribution in [3.63, 3.8) is 0 Å². The summed E-state index contributed by atoms with van der Waals surface area (Å²) in [6.07, 6.45) is 5.24. The minimum absolute atomic E-state index is 0.568. The minimum atomic E-state index is 0.568. The Morgan fingerprint density at radius 3 is 2.57 bits per heavy atom. The van der Waals surface area contributed by atoms with Crippen molar-refractivity contribution in [1.29, 1.82) is 0 Å². The van der Waals surface area contributed by atoms with Crippen molar-refractivity contribution < 1.29 is 4.74 Å². The van der Waals surface area contributed by atoms with Gasteiger partial charge in [-0.05, 0) is 42.3 Å². The van der Waals surface area contributed by atoms with Crippen molar-refractivity contribution in [3.8, 4) is 11.6 Å². The topological polar surface area (TPSA) is 64.9 Å². The van der Waals surface area contributed by atoms with Gasteiger partial charge in [0.2, 0.25) is 0 Å². The number of ether oxygens (including phenoxy) is 1. The molecule has 0 atom stereocenters. The van der Waals surface area contributed by atoms with E-state index in [9.17, 15) is 0 Å². The molecule has 0 fully saturated rings. The number of anilines is 1. The highest BCUT2D eigenvalue weighted by Crippen LogP contribution is 2.16. The first kappa shape index (κ1) is 17.7. The third kappa shape index (κ3) is 4.54. The van der Waals surface area contributed by atoms with Crippen LogP contribution in [0.1, 0.15) is 16.7 Å². The Balaban J connectivity index is 1.29. The first-order valence-corrected chi connectivity index (χ1v) is 9.09. The molecule has 4 aromatic rings. The van der Waals surface area contributed by atoms with E-state index in [0.29, 0.717) is 13.2 Å². The second-order valence-electron chi connectivity index (χ2n) is 6.52. The van der Waals surface area contributed by atoms with Crippen LogP contribution in [0.4, 0.5) is 5.82 Å².